The largest absolute Gasteiger partial charge is 0.480 e. The molecular formula is C30H54N4O8. The van der Waals surface area contributed by atoms with Gasteiger partial charge in [-0.15, -0.1) is 0 Å². The minimum absolute atomic E-state index is 0.0718. The molecule has 12 nitrogen and oxygen atoms in total. The summed E-state index contributed by atoms with van der Waals surface area (Å²) in [5.74, 6) is -3.11. The summed E-state index contributed by atoms with van der Waals surface area (Å²) < 4.78 is 0. The summed E-state index contributed by atoms with van der Waals surface area (Å²) in [6, 6.07) is 7.19. The van der Waals surface area contributed by atoms with Gasteiger partial charge in [0.15, 0.2) is 0 Å². The van der Waals surface area contributed by atoms with Gasteiger partial charge in [-0.1, -0.05) is 83.7 Å². The van der Waals surface area contributed by atoms with Crippen LogP contribution in [0.1, 0.15) is 85.1 Å². The molecular weight excluding hydrogens is 544 g/mol. The molecule has 5 unspecified atom stereocenters. The van der Waals surface area contributed by atoms with Gasteiger partial charge in [0, 0.05) is 6.04 Å². The number of hydrogen-bond donors (Lipinski definition) is 8. The molecule has 1 saturated carbocycles. The van der Waals surface area contributed by atoms with Gasteiger partial charge in [-0.2, -0.15) is 0 Å². The number of aliphatic carboxylic acids is 4. The van der Waals surface area contributed by atoms with Crippen LogP contribution in [-0.2, 0) is 25.6 Å². The van der Waals surface area contributed by atoms with Crippen LogP contribution in [0.3, 0.4) is 0 Å². The first kappa shape index (κ1) is 41.1. The van der Waals surface area contributed by atoms with Crippen LogP contribution in [0.25, 0.3) is 0 Å². The van der Waals surface area contributed by atoms with Crippen molar-refractivity contribution < 1.29 is 39.6 Å². The van der Waals surface area contributed by atoms with Crippen molar-refractivity contribution in [2.24, 2.45) is 29.0 Å². The number of hydrogen-bond acceptors (Lipinski definition) is 8. The average molecular weight is 599 g/mol. The minimum atomic E-state index is -0.959. The second-order valence-corrected chi connectivity index (χ2v) is 11.0. The molecule has 0 heterocycles. The maximum Gasteiger partial charge on any atom is 0.320 e. The molecule has 1 aromatic carbocycles. The molecule has 0 aliphatic heterocycles. The van der Waals surface area contributed by atoms with Crippen LogP contribution in [0.15, 0.2) is 30.3 Å². The van der Waals surface area contributed by atoms with E-state index in [4.69, 9.17) is 37.6 Å². The predicted octanol–water partition coefficient (Wildman–Crippen LogP) is 2.91. The Morgan fingerprint density at radius 1 is 0.786 bits per heavy atom. The van der Waals surface area contributed by atoms with Crippen molar-refractivity contribution in [1.29, 1.82) is 0 Å². The number of nitrogens with one attached hydrogen (secondary N) is 1. The van der Waals surface area contributed by atoms with Crippen molar-refractivity contribution in [2.75, 3.05) is 0 Å². The number of benzene rings is 1. The van der Waals surface area contributed by atoms with Crippen molar-refractivity contribution in [1.82, 2.24) is 5.32 Å². The Labute approximate surface area is 250 Å². The highest BCUT2D eigenvalue weighted by molar-refractivity contribution is 5.74. The standard InChI is InChI=1S/C9H17NO2.C9H11NO2.2C6H13NO2/c1-7(9(11)12)10-8-5-3-2-4-6-8;10-8(9(11)12)6-7-4-2-1-3-5-7;1-4(2)3-5(7)6(8)9;1-3-4(2)5(7)6(8)9/h7-8,10H,2-6H2,1H3,(H,11,12);1-5,8H,6,10H2,(H,11,12);2*4-5H,3,7H2,1-2H3,(H,8,9). The Bertz CT molecular complexity index is 895. The summed E-state index contributed by atoms with van der Waals surface area (Å²) in [7, 11) is 0. The van der Waals surface area contributed by atoms with E-state index in [-0.39, 0.29) is 5.92 Å². The third kappa shape index (κ3) is 21.7. The Morgan fingerprint density at radius 2 is 1.29 bits per heavy atom. The van der Waals surface area contributed by atoms with Gasteiger partial charge >= 0.3 is 23.9 Å². The van der Waals surface area contributed by atoms with Crippen LogP contribution in [-0.4, -0.2) is 74.5 Å². The SMILES string of the molecule is CC(C)CC(N)C(=O)O.CC(NC1CCCCC1)C(=O)O.CCC(C)C(N)C(=O)O.NC(Cc1ccccc1)C(=O)O. The number of carboxylic acids is 4. The molecule has 0 saturated heterocycles. The molecule has 1 aliphatic rings. The van der Waals surface area contributed by atoms with E-state index < -0.39 is 48.0 Å². The summed E-state index contributed by atoms with van der Waals surface area (Å²) in [6.07, 6.45) is 7.81. The molecule has 1 fully saturated rings. The molecule has 2 rings (SSSR count). The lowest BCUT2D eigenvalue weighted by Crippen LogP contribution is -2.42. The topological polar surface area (TPSA) is 239 Å². The van der Waals surface area contributed by atoms with Gasteiger partial charge in [0.25, 0.3) is 0 Å². The van der Waals surface area contributed by atoms with Gasteiger partial charge in [-0.05, 0) is 50.0 Å². The Balaban J connectivity index is 0. The normalized spacial score (nSPS) is 16.4. The minimum Gasteiger partial charge on any atom is -0.480 e. The van der Waals surface area contributed by atoms with E-state index in [0.29, 0.717) is 24.8 Å². The summed E-state index contributed by atoms with van der Waals surface area (Å²) >= 11 is 0. The molecule has 5 atom stereocenters. The zero-order valence-electron chi connectivity index (χ0n) is 25.7. The van der Waals surface area contributed by atoms with Gasteiger partial charge in [0.2, 0.25) is 0 Å². The lowest BCUT2D eigenvalue weighted by atomic mass is 9.95. The molecule has 1 aliphatic carbocycles. The average Bonchev–Trinajstić information content (AvgIpc) is 2.93. The van der Waals surface area contributed by atoms with Gasteiger partial charge < -0.3 is 42.9 Å². The van der Waals surface area contributed by atoms with Crippen LogP contribution in [0.5, 0.6) is 0 Å². The van der Waals surface area contributed by atoms with E-state index >= 15 is 0 Å². The van der Waals surface area contributed by atoms with Crippen molar-refractivity contribution in [3.8, 4) is 0 Å². The predicted molar refractivity (Wildman–Crippen MR) is 163 cm³/mol. The Hall–Kier alpha value is -3.06. The number of carboxylic acid groups (broad SMARTS) is 4. The molecule has 0 aromatic heterocycles. The van der Waals surface area contributed by atoms with Crippen LogP contribution in [0.2, 0.25) is 0 Å². The van der Waals surface area contributed by atoms with E-state index in [9.17, 15) is 19.2 Å². The lowest BCUT2D eigenvalue weighted by molar-refractivity contribution is -0.140. The number of nitrogens with two attached hydrogens (primary N) is 3. The van der Waals surface area contributed by atoms with Gasteiger partial charge in [0.1, 0.15) is 24.2 Å². The third-order valence-electron chi connectivity index (χ3n) is 6.66. The number of rotatable bonds is 12. The zero-order valence-corrected chi connectivity index (χ0v) is 25.7. The lowest BCUT2D eigenvalue weighted by Gasteiger charge is -2.24. The first-order valence-corrected chi connectivity index (χ1v) is 14.5. The first-order chi connectivity index (χ1) is 19.5. The Kier molecular flexibility index (Phi) is 23.0. The highest BCUT2D eigenvalue weighted by atomic mass is 16.4. The molecule has 242 valence electrons. The van der Waals surface area contributed by atoms with E-state index in [1.54, 1.807) is 6.92 Å². The Morgan fingerprint density at radius 3 is 1.62 bits per heavy atom. The van der Waals surface area contributed by atoms with Gasteiger partial charge in [-0.25, -0.2) is 0 Å². The highest BCUT2D eigenvalue weighted by Gasteiger charge is 2.19. The van der Waals surface area contributed by atoms with Crippen LogP contribution in [0.4, 0.5) is 0 Å². The van der Waals surface area contributed by atoms with E-state index in [1.165, 1.54) is 19.3 Å². The van der Waals surface area contributed by atoms with Crippen molar-refractivity contribution in [3.63, 3.8) is 0 Å². The van der Waals surface area contributed by atoms with Crippen molar-refractivity contribution in [3.05, 3.63) is 35.9 Å². The molecule has 1 aromatic rings. The van der Waals surface area contributed by atoms with E-state index in [2.05, 4.69) is 5.32 Å². The summed E-state index contributed by atoms with van der Waals surface area (Å²) in [5.41, 5.74) is 16.8. The second-order valence-electron chi connectivity index (χ2n) is 11.0. The summed E-state index contributed by atoms with van der Waals surface area (Å²) in [6.45, 7) is 9.36. The second kappa shape index (κ2) is 23.5. The first-order valence-electron chi connectivity index (χ1n) is 14.5. The maximum atomic E-state index is 10.5. The number of carbonyl (C=O) groups is 4. The monoisotopic (exact) mass is 598 g/mol. The molecule has 0 amide bonds. The molecule has 42 heavy (non-hydrogen) atoms. The molecule has 0 bridgehead atoms. The zero-order chi connectivity index (χ0) is 32.8. The quantitative estimate of drug-likeness (QED) is 0.173. The van der Waals surface area contributed by atoms with E-state index in [0.717, 1.165) is 24.8 Å². The maximum absolute atomic E-state index is 10.5. The third-order valence-corrected chi connectivity index (χ3v) is 6.66. The summed E-state index contributed by atoms with van der Waals surface area (Å²) in [5, 5.41) is 37.0. The molecule has 0 spiro atoms. The van der Waals surface area contributed by atoms with Gasteiger partial charge in [0.05, 0.1) is 0 Å². The van der Waals surface area contributed by atoms with Gasteiger partial charge in [-0.3, -0.25) is 19.2 Å². The highest BCUT2D eigenvalue weighted by Crippen LogP contribution is 2.17. The van der Waals surface area contributed by atoms with Crippen molar-refractivity contribution in [2.45, 2.75) is 116 Å². The molecule has 11 N–H and O–H groups in total. The van der Waals surface area contributed by atoms with Crippen LogP contribution in [0, 0.1) is 11.8 Å². The fraction of sp³-hybridized carbons (Fsp3) is 0.667. The summed E-state index contributed by atoms with van der Waals surface area (Å²) in [4.78, 5) is 41.2. The smallest absolute Gasteiger partial charge is 0.320 e. The molecule has 0 radical (unpaired) electrons. The van der Waals surface area contributed by atoms with Crippen molar-refractivity contribution >= 4 is 23.9 Å². The fourth-order valence-corrected chi connectivity index (χ4v) is 3.76. The van der Waals surface area contributed by atoms with Crippen LogP contribution >= 0.6 is 0 Å². The van der Waals surface area contributed by atoms with E-state index in [1.807, 2.05) is 58.0 Å². The fourth-order valence-electron chi connectivity index (χ4n) is 3.76. The van der Waals surface area contributed by atoms with Crippen LogP contribution < -0.4 is 22.5 Å². The molecule has 12 heteroatoms.